The summed E-state index contributed by atoms with van der Waals surface area (Å²) >= 11 is 0. The second-order valence-electron chi connectivity index (χ2n) is 3.69. The Morgan fingerprint density at radius 2 is 2.00 bits per heavy atom. The Morgan fingerprint density at radius 3 is 2.38 bits per heavy atom. The van der Waals surface area contributed by atoms with Gasteiger partial charge in [0, 0.05) is 11.6 Å². The summed E-state index contributed by atoms with van der Waals surface area (Å²) in [5.41, 5.74) is 1.37. The van der Waals surface area contributed by atoms with Crippen LogP contribution in [0.4, 0.5) is 13.2 Å². The quantitative estimate of drug-likeness (QED) is 0.873. The number of halogens is 3. The van der Waals surface area contributed by atoms with Crippen molar-refractivity contribution in [1.29, 1.82) is 0 Å². The third kappa shape index (κ3) is 3.23. The molecule has 1 rings (SSSR count). The summed E-state index contributed by atoms with van der Waals surface area (Å²) < 4.78 is 41.2. The summed E-state index contributed by atoms with van der Waals surface area (Å²) in [6.07, 6.45) is -3.65. The van der Waals surface area contributed by atoms with Crippen LogP contribution in [0, 0.1) is 13.8 Å². The maximum absolute atomic E-state index is 12.1. The second kappa shape index (κ2) is 4.86. The third-order valence-corrected chi connectivity index (χ3v) is 2.39. The van der Waals surface area contributed by atoms with Crippen LogP contribution in [0.2, 0.25) is 0 Å². The Balaban J connectivity index is 2.75. The van der Waals surface area contributed by atoms with E-state index in [2.05, 4.69) is 10.5 Å². The van der Waals surface area contributed by atoms with E-state index in [-0.39, 0.29) is 6.04 Å². The fourth-order valence-corrected chi connectivity index (χ4v) is 1.68. The van der Waals surface area contributed by atoms with Crippen LogP contribution < -0.4 is 5.32 Å². The van der Waals surface area contributed by atoms with E-state index in [1.165, 1.54) is 0 Å². The van der Waals surface area contributed by atoms with Crippen LogP contribution >= 0.6 is 0 Å². The third-order valence-electron chi connectivity index (χ3n) is 2.39. The number of hydrogen-bond acceptors (Lipinski definition) is 3. The Kier molecular flexibility index (Phi) is 3.96. The molecule has 0 saturated carbocycles. The highest BCUT2D eigenvalue weighted by molar-refractivity contribution is 5.24. The highest BCUT2D eigenvalue weighted by Gasteiger charge is 2.29. The van der Waals surface area contributed by atoms with E-state index in [9.17, 15) is 13.2 Å². The number of nitrogens with zero attached hydrogens (tertiary/aromatic N) is 1. The van der Waals surface area contributed by atoms with Gasteiger partial charge in [-0.3, -0.25) is 0 Å². The number of hydrogen-bond donors (Lipinski definition) is 1. The molecule has 0 aliphatic heterocycles. The zero-order valence-corrected chi connectivity index (χ0v) is 9.48. The number of nitrogens with one attached hydrogen (secondary N) is 1. The Bertz CT molecular complexity index is 327. The molecule has 1 aromatic rings. The molecule has 0 unspecified atom stereocenters. The minimum absolute atomic E-state index is 0.368. The van der Waals surface area contributed by atoms with Crippen molar-refractivity contribution in [2.75, 3.05) is 6.54 Å². The van der Waals surface area contributed by atoms with Gasteiger partial charge in [0.25, 0.3) is 0 Å². The molecule has 0 aromatic carbocycles. The molecule has 0 bridgehead atoms. The van der Waals surface area contributed by atoms with Gasteiger partial charge in [-0.05, 0) is 20.3 Å². The highest BCUT2D eigenvalue weighted by atomic mass is 19.4. The summed E-state index contributed by atoms with van der Waals surface area (Å²) in [4.78, 5) is 0. The highest BCUT2D eigenvalue weighted by Crippen LogP contribution is 2.25. The van der Waals surface area contributed by atoms with Gasteiger partial charge in [0.15, 0.2) is 0 Å². The van der Waals surface area contributed by atoms with Crippen LogP contribution in [-0.2, 0) is 0 Å². The van der Waals surface area contributed by atoms with Gasteiger partial charge in [-0.25, -0.2) is 0 Å². The summed E-state index contributed by atoms with van der Waals surface area (Å²) in [5.74, 6) is 0.569. The van der Waals surface area contributed by atoms with Gasteiger partial charge in [0.1, 0.15) is 5.76 Å². The number of aromatic nitrogens is 1. The average molecular weight is 236 g/mol. The van der Waals surface area contributed by atoms with E-state index in [4.69, 9.17) is 4.52 Å². The van der Waals surface area contributed by atoms with Gasteiger partial charge in [-0.1, -0.05) is 12.1 Å². The topological polar surface area (TPSA) is 38.1 Å². The van der Waals surface area contributed by atoms with Crippen molar-refractivity contribution in [1.82, 2.24) is 10.5 Å². The van der Waals surface area contributed by atoms with Gasteiger partial charge >= 0.3 is 6.18 Å². The lowest BCUT2D eigenvalue weighted by Crippen LogP contribution is -2.32. The first-order chi connectivity index (χ1) is 7.35. The number of aryl methyl sites for hydroxylation is 2. The van der Waals surface area contributed by atoms with Crippen LogP contribution in [-0.4, -0.2) is 17.9 Å². The average Bonchev–Trinajstić information content (AvgIpc) is 2.48. The van der Waals surface area contributed by atoms with Gasteiger partial charge in [0.05, 0.1) is 12.2 Å². The largest absolute Gasteiger partial charge is 0.401 e. The van der Waals surface area contributed by atoms with Crippen molar-refractivity contribution in [3.63, 3.8) is 0 Å². The van der Waals surface area contributed by atoms with Gasteiger partial charge in [-0.2, -0.15) is 13.2 Å². The first kappa shape index (κ1) is 13.0. The zero-order valence-electron chi connectivity index (χ0n) is 9.48. The van der Waals surface area contributed by atoms with Crippen LogP contribution in [0.15, 0.2) is 4.52 Å². The molecule has 0 saturated heterocycles. The van der Waals surface area contributed by atoms with E-state index >= 15 is 0 Å². The predicted molar refractivity (Wildman–Crippen MR) is 53.1 cm³/mol. The second-order valence-corrected chi connectivity index (χ2v) is 3.69. The van der Waals surface area contributed by atoms with E-state index in [1.807, 2.05) is 6.92 Å². The van der Waals surface area contributed by atoms with Crippen LogP contribution in [0.1, 0.15) is 36.4 Å². The van der Waals surface area contributed by atoms with Crippen molar-refractivity contribution in [2.45, 2.75) is 39.4 Å². The van der Waals surface area contributed by atoms with Crippen molar-refractivity contribution in [3.8, 4) is 0 Å². The van der Waals surface area contributed by atoms with Crippen LogP contribution in [0.3, 0.4) is 0 Å². The molecule has 92 valence electrons. The Morgan fingerprint density at radius 1 is 1.38 bits per heavy atom. The van der Waals surface area contributed by atoms with Crippen LogP contribution in [0.5, 0.6) is 0 Å². The fraction of sp³-hybridized carbons (Fsp3) is 0.700. The molecule has 1 aromatic heterocycles. The van der Waals surface area contributed by atoms with Crippen LogP contribution in [0.25, 0.3) is 0 Å². The van der Waals surface area contributed by atoms with Crippen molar-refractivity contribution < 1.29 is 17.7 Å². The maximum Gasteiger partial charge on any atom is 0.401 e. The Labute approximate surface area is 92.0 Å². The molecule has 0 amide bonds. The van der Waals surface area contributed by atoms with Gasteiger partial charge in [-0.15, -0.1) is 0 Å². The molecule has 0 spiro atoms. The van der Waals surface area contributed by atoms with Crippen molar-refractivity contribution in [3.05, 3.63) is 17.0 Å². The van der Waals surface area contributed by atoms with E-state index in [1.54, 1.807) is 13.8 Å². The van der Waals surface area contributed by atoms with E-state index in [0.717, 1.165) is 5.56 Å². The van der Waals surface area contributed by atoms with Crippen molar-refractivity contribution in [2.24, 2.45) is 0 Å². The summed E-state index contributed by atoms with van der Waals surface area (Å²) in [5, 5.41) is 6.20. The lowest BCUT2D eigenvalue weighted by molar-refractivity contribution is -0.126. The molecule has 6 heteroatoms. The Hall–Kier alpha value is -1.04. The maximum atomic E-state index is 12.1. The zero-order chi connectivity index (χ0) is 12.3. The minimum Gasteiger partial charge on any atom is -0.361 e. The first-order valence-corrected chi connectivity index (χ1v) is 5.08. The molecule has 0 fully saturated rings. The van der Waals surface area contributed by atoms with Gasteiger partial charge < -0.3 is 9.84 Å². The summed E-state index contributed by atoms with van der Waals surface area (Å²) in [6.45, 7) is 4.24. The molecular formula is C10H15F3N2O. The molecule has 0 aliphatic rings. The monoisotopic (exact) mass is 236 g/mol. The first-order valence-electron chi connectivity index (χ1n) is 5.08. The molecule has 1 heterocycles. The minimum atomic E-state index is -4.20. The molecule has 3 nitrogen and oxygen atoms in total. The van der Waals surface area contributed by atoms with E-state index in [0.29, 0.717) is 17.9 Å². The molecule has 1 N–H and O–H groups in total. The number of alkyl halides is 3. The summed E-state index contributed by atoms with van der Waals surface area (Å²) in [6, 6.07) is -0.368. The normalized spacial score (nSPS) is 14.1. The number of rotatable bonds is 4. The summed E-state index contributed by atoms with van der Waals surface area (Å²) in [7, 11) is 0. The molecule has 0 aliphatic carbocycles. The van der Waals surface area contributed by atoms with E-state index < -0.39 is 12.7 Å². The van der Waals surface area contributed by atoms with Crippen molar-refractivity contribution >= 4 is 0 Å². The predicted octanol–water partition coefficient (Wildman–Crippen LogP) is 2.89. The molecule has 0 radical (unpaired) electrons. The lowest BCUT2D eigenvalue weighted by Gasteiger charge is -2.18. The SMILES string of the molecule is CC[C@@H](NCC(F)(F)F)c1c(C)noc1C. The fourth-order valence-electron chi connectivity index (χ4n) is 1.68. The lowest BCUT2D eigenvalue weighted by atomic mass is 10.0. The smallest absolute Gasteiger partial charge is 0.361 e. The molecular weight excluding hydrogens is 221 g/mol. The molecule has 1 atom stereocenters. The van der Waals surface area contributed by atoms with Gasteiger partial charge in [0.2, 0.25) is 0 Å². The standard InChI is InChI=1S/C10H15F3N2O/c1-4-8(14-5-10(11,12)13)9-6(2)15-16-7(9)3/h8,14H,4-5H2,1-3H3/t8-/m1/s1. The molecule has 16 heavy (non-hydrogen) atoms.